The van der Waals surface area contributed by atoms with Gasteiger partial charge >= 0.3 is 0 Å². The molecular formula is C14H22FN3. The first-order chi connectivity index (χ1) is 8.69. The van der Waals surface area contributed by atoms with Crippen molar-refractivity contribution in [3.05, 3.63) is 24.0 Å². The minimum Gasteiger partial charge on any atom is -0.399 e. The molecule has 0 saturated carbocycles. The van der Waals surface area contributed by atoms with Gasteiger partial charge in [0.15, 0.2) is 0 Å². The van der Waals surface area contributed by atoms with Gasteiger partial charge in [-0.2, -0.15) is 0 Å². The first-order valence-electron chi connectivity index (χ1n) is 6.70. The molecule has 4 heteroatoms. The number of benzene rings is 1. The Morgan fingerprint density at radius 1 is 1.39 bits per heavy atom. The molecule has 1 saturated heterocycles. The number of halogens is 1. The highest BCUT2D eigenvalue weighted by atomic mass is 19.1. The summed E-state index contributed by atoms with van der Waals surface area (Å²) in [7, 11) is 0. The van der Waals surface area contributed by atoms with Crippen molar-refractivity contribution in [3.63, 3.8) is 0 Å². The van der Waals surface area contributed by atoms with Gasteiger partial charge < -0.3 is 16.0 Å². The maximum absolute atomic E-state index is 13.6. The van der Waals surface area contributed by atoms with Gasteiger partial charge in [-0.15, -0.1) is 0 Å². The van der Waals surface area contributed by atoms with Crippen molar-refractivity contribution < 1.29 is 4.39 Å². The quantitative estimate of drug-likeness (QED) is 0.808. The highest BCUT2D eigenvalue weighted by molar-refractivity contribution is 5.52. The zero-order valence-corrected chi connectivity index (χ0v) is 11.0. The Balaban J connectivity index is 1.81. The average Bonchev–Trinajstić information content (AvgIpc) is 2.38. The van der Waals surface area contributed by atoms with Crippen LogP contribution in [0.3, 0.4) is 0 Å². The number of nitrogens with one attached hydrogen (secondary N) is 1. The van der Waals surface area contributed by atoms with Crippen LogP contribution < -0.4 is 11.1 Å². The molecule has 1 heterocycles. The highest BCUT2D eigenvalue weighted by Gasteiger charge is 2.17. The summed E-state index contributed by atoms with van der Waals surface area (Å²) in [6.45, 7) is 6.49. The van der Waals surface area contributed by atoms with Crippen molar-refractivity contribution in [1.82, 2.24) is 4.90 Å². The summed E-state index contributed by atoms with van der Waals surface area (Å²) in [5, 5.41) is 3.19. The van der Waals surface area contributed by atoms with Gasteiger partial charge in [-0.05, 0) is 56.6 Å². The Morgan fingerprint density at radius 2 is 2.11 bits per heavy atom. The van der Waals surface area contributed by atoms with E-state index in [1.165, 1.54) is 18.9 Å². The second-order valence-electron chi connectivity index (χ2n) is 5.00. The zero-order chi connectivity index (χ0) is 13.0. The number of likely N-dealkylation sites (tertiary alicyclic amines) is 1. The average molecular weight is 251 g/mol. The molecule has 0 atom stereocenters. The molecule has 2 rings (SSSR count). The third kappa shape index (κ3) is 3.35. The normalized spacial score (nSPS) is 17.9. The van der Waals surface area contributed by atoms with Crippen LogP contribution in [-0.4, -0.2) is 31.1 Å². The molecule has 0 radical (unpaired) electrons. The predicted molar refractivity (Wildman–Crippen MR) is 74.1 cm³/mol. The summed E-state index contributed by atoms with van der Waals surface area (Å²) < 4.78 is 13.6. The van der Waals surface area contributed by atoms with E-state index in [9.17, 15) is 4.39 Å². The summed E-state index contributed by atoms with van der Waals surface area (Å²) in [5.41, 5.74) is 6.55. The zero-order valence-electron chi connectivity index (χ0n) is 11.0. The molecule has 0 bridgehead atoms. The van der Waals surface area contributed by atoms with Crippen LogP contribution in [0.25, 0.3) is 0 Å². The maximum Gasteiger partial charge on any atom is 0.148 e. The van der Waals surface area contributed by atoms with Gasteiger partial charge in [0.1, 0.15) is 5.82 Å². The first-order valence-corrected chi connectivity index (χ1v) is 6.70. The summed E-state index contributed by atoms with van der Waals surface area (Å²) in [6.07, 6.45) is 2.38. The number of hydrogen-bond acceptors (Lipinski definition) is 3. The molecule has 3 N–H and O–H groups in total. The minimum absolute atomic E-state index is 0.263. The molecule has 0 aliphatic carbocycles. The van der Waals surface area contributed by atoms with E-state index in [0.717, 1.165) is 26.2 Å². The van der Waals surface area contributed by atoms with Crippen LogP contribution in [0.5, 0.6) is 0 Å². The molecule has 0 amide bonds. The SMILES string of the molecule is CCN1CCC(CNc2ccc(N)cc2F)CC1. The Morgan fingerprint density at radius 3 is 2.72 bits per heavy atom. The van der Waals surface area contributed by atoms with E-state index in [1.54, 1.807) is 12.1 Å². The molecule has 0 aromatic heterocycles. The van der Waals surface area contributed by atoms with E-state index in [-0.39, 0.29) is 5.82 Å². The predicted octanol–water partition coefficient (Wildman–Crippen LogP) is 2.55. The second kappa shape index (κ2) is 6.05. The minimum atomic E-state index is -0.263. The topological polar surface area (TPSA) is 41.3 Å². The van der Waals surface area contributed by atoms with E-state index in [0.29, 0.717) is 17.3 Å². The number of hydrogen-bond donors (Lipinski definition) is 2. The van der Waals surface area contributed by atoms with Gasteiger partial charge in [0.2, 0.25) is 0 Å². The van der Waals surface area contributed by atoms with Crippen LogP contribution in [0.4, 0.5) is 15.8 Å². The molecular weight excluding hydrogens is 229 g/mol. The monoisotopic (exact) mass is 251 g/mol. The van der Waals surface area contributed by atoms with Crippen LogP contribution in [0.2, 0.25) is 0 Å². The molecule has 1 aromatic rings. The number of rotatable bonds is 4. The van der Waals surface area contributed by atoms with Crippen LogP contribution in [0.15, 0.2) is 18.2 Å². The van der Waals surface area contributed by atoms with Crippen molar-refractivity contribution in [1.29, 1.82) is 0 Å². The summed E-state index contributed by atoms with van der Waals surface area (Å²) in [5.74, 6) is 0.380. The fraction of sp³-hybridized carbons (Fsp3) is 0.571. The van der Waals surface area contributed by atoms with E-state index in [4.69, 9.17) is 5.73 Å². The largest absolute Gasteiger partial charge is 0.399 e. The van der Waals surface area contributed by atoms with Crippen molar-refractivity contribution in [2.45, 2.75) is 19.8 Å². The number of nitrogens with two attached hydrogens (primary N) is 1. The van der Waals surface area contributed by atoms with Crippen molar-refractivity contribution >= 4 is 11.4 Å². The number of piperidine rings is 1. The molecule has 1 aromatic carbocycles. The molecule has 100 valence electrons. The van der Waals surface area contributed by atoms with Gasteiger partial charge in [-0.25, -0.2) is 4.39 Å². The Hall–Kier alpha value is -1.29. The van der Waals surface area contributed by atoms with Gasteiger partial charge in [0.05, 0.1) is 5.69 Å². The standard InChI is InChI=1S/C14H22FN3/c1-2-18-7-5-11(6-8-18)10-17-14-4-3-12(16)9-13(14)15/h3-4,9,11,17H,2,5-8,10,16H2,1H3. The molecule has 1 aliphatic rings. The third-order valence-corrected chi connectivity index (χ3v) is 3.73. The van der Waals surface area contributed by atoms with Crippen molar-refractivity contribution in [3.8, 4) is 0 Å². The van der Waals surface area contributed by atoms with E-state index in [2.05, 4.69) is 17.1 Å². The third-order valence-electron chi connectivity index (χ3n) is 3.73. The maximum atomic E-state index is 13.6. The Kier molecular flexibility index (Phi) is 4.42. The fourth-order valence-corrected chi connectivity index (χ4v) is 2.44. The van der Waals surface area contributed by atoms with Gasteiger partial charge in [0.25, 0.3) is 0 Å². The van der Waals surface area contributed by atoms with Gasteiger partial charge in [-0.3, -0.25) is 0 Å². The Labute approximate surface area is 108 Å². The first kappa shape index (κ1) is 13.1. The van der Waals surface area contributed by atoms with Gasteiger partial charge in [0, 0.05) is 12.2 Å². The summed E-state index contributed by atoms with van der Waals surface area (Å²) >= 11 is 0. The van der Waals surface area contributed by atoms with Crippen LogP contribution >= 0.6 is 0 Å². The lowest BCUT2D eigenvalue weighted by Crippen LogP contribution is -2.35. The molecule has 3 nitrogen and oxygen atoms in total. The summed E-state index contributed by atoms with van der Waals surface area (Å²) in [6, 6.07) is 4.80. The van der Waals surface area contributed by atoms with Gasteiger partial charge in [-0.1, -0.05) is 6.92 Å². The van der Waals surface area contributed by atoms with Crippen molar-refractivity contribution in [2.75, 3.05) is 37.2 Å². The van der Waals surface area contributed by atoms with Crippen LogP contribution in [0.1, 0.15) is 19.8 Å². The molecule has 1 aliphatic heterocycles. The highest BCUT2D eigenvalue weighted by Crippen LogP contribution is 2.20. The van der Waals surface area contributed by atoms with Crippen LogP contribution in [0, 0.1) is 11.7 Å². The number of nitrogens with zero attached hydrogens (tertiary/aromatic N) is 1. The molecule has 1 fully saturated rings. The number of anilines is 2. The smallest absolute Gasteiger partial charge is 0.148 e. The van der Waals surface area contributed by atoms with Crippen molar-refractivity contribution in [2.24, 2.45) is 5.92 Å². The van der Waals surface area contributed by atoms with E-state index in [1.807, 2.05) is 0 Å². The number of nitrogen functional groups attached to an aromatic ring is 1. The fourth-order valence-electron chi connectivity index (χ4n) is 2.44. The second-order valence-corrected chi connectivity index (χ2v) is 5.00. The Bertz CT molecular complexity index is 387. The van der Waals surface area contributed by atoms with Crippen LogP contribution in [-0.2, 0) is 0 Å². The lowest BCUT2D eigenvalue weighted by Gasteiger charge is -2.31. The lowest BCUT2D eigenvalue weighted by molar-refractivity contribution is 0.198. The van der Waals surface area contributed by atoms with E-state index >= 15 is 0 Å². The molecule has 0 unspecified atom stereocenters. The summed E-state index contributed by atoms with van der Waals surface area (Å²) in [4.78, 5) is 2.46. The van der Waals surface area contributed by atoms with E-state index < -0.39 is 0 Å². The lowest BCUT2D eigenvalue weighted by atomic mass is 9.97. The molecule has 0 spiro atoms. The molecule has 18 heavy (non-hydrogen) atoms.